The van der Waals surface area contributed by atoms with E-state index in [4.69, 9.17) is 22.5 Å². The summed E-state index contributed by atoms with van der Waals surface area (Å²) in [6, 6.07) is 5.12. The molecule has 3 N–H and O–H groups in total. The third kappa shape index (κ3) is 2.92. The second-order valence-corrected chi connectivity index (χ2v) is 6.11. The van der Waals surface area contributed by atoms with Crippen LogP contribution in [0.3, 0.4) is 0 Å². The number of benzene rings is 1. The highest BCUT2D eigenvalue weighted by Crippen LogP contribution is 2.20. The zero-order valence-electron chi connectivity index (χ0n) is 9.91. The summed E-state index contributed by atoms with van der Waals surface area (Å²) < 4.78 is 25.5. The fourth-order valence-corrected chi connectivity index (χ4v) is 2.91. The van der Waals surface area contributed by atoms with E-state index in [1.54, 1.807) is 6.07 Å². The molecule has 0 aliphatic carbocycles. The van der Waals surface area contributed by atoms with E-state index in [0.29, 0.717) is 5.02 Å². The number of hydrogen-bond acceptors (Lipinski definition) is 4. The average Bonchev–Trinajstić information content (AvgIpc) is 2.35. The fourth-order valence-electron chi connectivity index (χ4n) is 1.27. The molecule has 0 aliphatic rings. The van der Waals surface area contributed by atoms with Gasteiger partial charge in [-0.3, -0.25) is 0 Å². The molecule has 0 saturated heterocycles. The lowest BCUT2D eigenvalue weighted by Crippen LogP contribution is -2.43. The molecule has 1 rings (SSSR count). The van der Waals surface area contributed by atoms with Crippen LogP contribution in [0.25, 0.3) is 0 Å². The maximum absolute atomic E-state index is 12.2. The highest BCUT2D eigenvalue weighted by molar-refractivity contribution is 7.89. The van der Waals surface area contributed by atoms with Crippen molar-refractivity contribution in [1.29, 1.82) is 0 Å². The largest absolute Gasteiger partial charge is 0.409 e. The second-order valence-electron chi connectivity index (χ2n) is 3.68. The van der Waals surface area contributed by atoms with Gasteiger partial charge < -0.3 is 10.9 Å². The molecule has 1 atom stereocenters. The van der Waals surface area contributed by atoms with Gasteiger partial charge in [0, 0.05) is 12.1 Å². The van der Waals surface area contributed by atoms with Crippen molar-refractivity contribution < 1.29 is 13.6 Å². The first-order valence-corrected chi connectivity index (χ1v) is 6.83. The molecule has 6 nitrogen and oxygen atoms in total. The van der Waals surface area contributed by atoms with E-state index in [1.807, 2.05) is 0 Å². The molecule has 0 radical (unpaired) electrons. The van der Waals surface area contributed by atoms with E-state index in [-0.39, 0.29) is 10.7 Å². The lowest BCUT2D eigenvalue weighted by molar-refractivity contribution is 0.311. The van der Waals surface area contributed by atoms with Crippen molar-refractivity contribution in [2.45, 2.75) is 17.9 Å². The maximum Gasteiger partial charge on any atom is 0.243 e. The Balaban J connectivity index is 3.15. The predicted octanol–water partition coefficient (Wildman–Crippen LogP) is 1.10. The van der Waals surface area contributed by atoms with Gasteiger partial charge in [-0.25, -0.2) is 8.42 Å². The molecule has 18 heavy (non-hydrogen) atoms. The fraction of sp³-hybridized carbons (Fsp3) is 0.300. The van der Waals surface area contributed by atoms with Crippen LogP contribution in [0.2, 0.25) is 5.02 Å². The summed E-state index contributed by atoms with van der Waals surface area (Å²) in [4.78, 5) is 0.0510. The molecule has 1 aromatic carbocycles. The Morgan fingerprint density at radius 3 is 2.67 bits per heavy atom. The quantitative estimate of drug-likeness (QED) is 0.376. The topological polar surface area (TPSA) is 96.0 Å². The summed E-state index contributed by atoms with van der Waals surface area (Å²) in [6.07, 6.45) is 0. The molecule has 0 fully saturated rings. The first kappa shape index (κ1) is 14.7. The number of halogens is 1. The predicted molar refractivity (Wildman–Crippen MR) is 69.3 cm³/mol. The van der Waals surface area contributed by atoms with Gasteiger partial charge in [0.1, 0.15) is 0 Å². The minimum Gasteiger partial charge on any atom is -0.409 e. The molecule has 0 amide bonds. The number of nitrogens with zero attached hydrogens (tertiary/aromatic N) is 2. The van der Waals surface area contributed by atoms with Crippen LogP contribution in [-0.2, 0) is 10.0 Å². The van der Waals surface area contributed by atoms with Gasteiger partial charge in [-0.05, 0) is 25.1 Å². The van der Waals surface area contributed by atoms with Crippen molar-refractivity contribution in [2.75, 3.05) is 7.05 Å². The van der Waals surface area contributed by atoms with Crippen LogP contribution in [0.15, 0.2) is 34.3 Å². The van der Waals surface area contributed by atoms with E-state index < -0.39 is 16.1 Å². The van der Waals surface area contributed by atoms with Crippen molar-refractivity contribution >= 4 is 27.5 Å². The summed E-state index contributed by atoms with van der Waals surface area (Å²) in [7, 11) is -2.39. The SMILES string of the molecule is CC(C(N)=NO)N(C)S(=O)(=O)c1cccc(Cl)c1. The molecule has 0 aliphatic heterocycles. The number of oxime groups is 1. The molecule has 8 heteroatoms. The molecule has 1 aromatic rings. The number of likely N-dealkylation sites (N-methyl/N-ethyl adjacent to an activating group) is 1. The van der Waals surface area contributed by atoms with Crippen LogP contribution in [0.5, 0.6) is 0 Å². The summed E-state index contributed by atoms with van der Waals surface area (Å²) in [5.41, 5.74) is 5.39. The Morgan fingerprint density at radius 2 is 2.17 bits per heavy atom. The summed E-state index contributed by atoms with van der Waals surface area (Å²) in [6.45, 7) is 1.51. The number of amidine groups is 1. The van der Waals surface area contributed by atoms with Gasteiger partial charge in [0.05, 0.1) is 10.9 Å². The summed E-state index contributed by atoms with van der Waals surface area (Å²) in [5.74, 6) is -0.192. The third-order valence-electron chi connectivity index (χ3n) is 2.56. The first-order chi connectivity index (χ1) is 8.30. The van der Waals surface area contributed by atoms with Crippen LogP contribution in [0.1, 0.15) is 6.92 Å². The maximum atomic E-state index is 12.2. The number of rotatable bonds is 4. The molecule has 1 unspecified atom stereocenters. The lowest BCUT2D eigenvalue weighted by Gasteiger charge is -2.23. The molecular formula is C10H14ClN3O3S. The number of nitrogens with two attached hydrogens (primary N) is 1. The van der Waals surface area contributed by atoms with Gasteiger partial charge in [0.25, 0.3) is 0 Å². The Labute approximate surface area is 111 Å². The molecule has 0 heterocycles. The van der Waals surface area contributed by atoms with E-state index in [0.717, 1.165) is 4.31 Å². The molecule has 0 saturated carbocycles. The monoisotopic (exact) mass is 291 g/mol. The van der Waals surface area contributed by atoms with Crippen molar-refractivity contribution in [2.24, 2.45) is 10.9 Å². The van der Waals surface area contributed by atoms with Crippen LogP contribution in [0, 0.1) is 0 Å². The van der Waals surface area contributed by atoms with Gasteiger partial charge in [0.15, 0.2) is 5.84 Å². The summed E-state index contributed by atoms with van der Waals surface area (Å²) >= 11 is 5.75. The highest BCUT2D eigenvalue weighted by Gasteiger charge is 2.27. The second kappa shape index (κ2) is 5.55. The minimum absolute atomic E-state index is 0.0510. The third-order valence-corrected chi connectivity index (χ3v) is 4.72. The van der Waals surface area contributed by atoms with Crippen molar-refractivity contribution in [3.05, 3.63) is 29.3 Å². The van der Waals surface area contributed by atoms with Crippen molar-refractivity contribution in [3.63, 3.8) is 0 Å². The van der Waals surface area contributed by atoms with Gasteiger partial charge in [-0.2, -0.15) is 4.31 Å². The molecule has 0 bridgehead atoms. The molecule has 0 spiro atoms. The highest BCUT2D eigenvalue weighted by atomic mass is 35.5. The lowest BCUT2D eigenvalue weighted by atomic mass is 10.3. The van der Waals surface area contributed by atoms with Crippen LogP contribution in [0.4, 0.5) is 0 Å². The molecule has 0 aromatic heterocycles. The zero-order valence-corrected chi connectivity index (χ0v) is 11.5. The number of hydrogen-bond donors (Lipinski definition) is 2. The Morgan fingerprint density at radius 1 is 1.56 bits per heavy atom. The van der Waals surface area contributed by atoms with Gasteiger partial charge in [0.2, 0.25) is 10.0 Å². The van der Waals surface area contributed by atoms with E-state index in [9.17, 15) is 8.42 Å². The van der Waals surface area contributed by atoms with E-state index in [1.165, 1.54) is 32.2 Å². The summed E-state index contributed by atoms with van der Waals surface area (Å²) in [5, 5.41) is 11.7. The zero-order chi connectivity index (χ0) is 13.9. The molecule has 100 valence electrons. The van der Waals surface area contributed by atoms with Crippen molar-refractivity contribution in [3.8, 4) is 0 Å². The van der Waals surface area contributed by atoms with Gasteiger partial charge in [-0.1, -0.05) is 22.8 Å². The van der Waals surface area contributed by atoms with Crippen LogP contribution < -0.4 is 5.73 Å². The van der Waals surface area contributed by atoms with E-state index in [2.05, 4.69) is 5.16 Å². The Hall–Kier alpha value is -1.31. The Kier molecular flexibility index (Phi) is 4.55. The van der Waals surface area contributed by atoms with Gasteiger partial charge >= 0.3 is 0 Å². The molecular weight excluding hydrogens is 278 g/mol. The van der Waals surface area contributed by atoms with E-state index >= 15 is 0 Å². The van der Waals surface area contributed by atoms with Crippen molar-refractivity contribution in [1.82, 2.24) is 4.31 Å². The normalized spacial score (nSPS) is 14.8. The number of sulfonamides is 1. The van der Waals surface area contributed by atoms with Gasteiger partial charge in [-0.15, -0.1) is 0 Å². The van der Waals surface area contributed by atoms with Crippen LogP contribution in [-0.4, -0.2) is 36.9 Å². The smallest absolute Gasteiger partial charge is 0.243 e. The minimum atomic E-state index is -3.74. The standard InChI is InChI=1S/C10H14ClN3O3S/c1-7(10(12)13-15)14(2)18(16,17)9-5-3-4-8(11)6-9/h3-7,15H,1-2H3,(H2,12,13). The average molecular weight is 292 g/mol. The van der Waals surface area contributed by atoms with Crippen LogP contribution >= 0.6 is 11.6 Å². The Bertz CT molecular complexity index is 559. The first-order valence-electron chi connectivity index (χ1n) is 5.01.